The Labute approximate surface area is 165 Å². The molecule has 142 valence electrons. The quantitative estimate of drug-likeness (QED) is 0.688. The molecule has 2 amide bonds. The van der Waals surface area contributed by atoms with E-state index in [-0.39, 0.29) is 11.6 Å². The molecule has 1 aliphatic heterocycles. The number of oxazole rings is 1. The van der Waals surface area contributed by atoms with Crippen molar-refractivity contribution in [3.63, 3.8) is 0 Å². The van der Waals surface area contributed by atoms with Gasteiger partial charge in [-0.3, -0.25) is 9.59 Å². The molecule has 4 rings (SSSR count). The lowest BCUT2D eigenvalue weighted by Gasteiger charge is -2.23. The second kappa shape index (κ2) is 7.01. The summed E-state index contributed by atoms with van der Waals surface area (Å²) in [6.45, 7) is 3.34. The van der Waals surface area contributed by atoms with Crippen LogP contribution in [-0.4, -0.2) is 22.9 Å². The molecule has 7 nitrogen and oxygen atoms in total. The summed E-state index contributed by atoms with van der Waals surface area (Å²) in [6, 6.07) is 12.0. The van der Waals surface area contributed by atoms with Gasteiger partial charge in [-0.2, -0.15) is 0 Å². The molecule has 0 fully saturated rings. The number of fused-ring (bicyclic) bond motifs is 1. The molecule has 3 aromatic rings. The van der Waals surface area contributed by atoms with E-state index in [1.165, 1.54) is 0 Å². The van der Waals surface area contributed by atoms with E-state index in [2.05, 4.69) is 15.6 Å². The number of aromatic nitrogens is 1. The number of hydrogen-bond donors (Lipinski definition) is 2. The molecule has 1 aliphatic rings. The van der Waals surface area contributed by atoms with Gasteiger partial charge in [-0.15, -0.1) is 0 Å². The Hall–Kier alpha value is -3.32. The minimum atomic E-state index is -0.558. The number of carbonyl (C=O) groups is 2. The van der Waals surface area contributed by atoms with Crippen LogP contribution in [-0.2, 0) is 4.79 Å². The average Bonchev–Trinajstić information content (AvgIpc) is 3.05. The van der Waals surface area contributed by atoms with Crippen LogP contribution in [0.4, 0.5) is 11.4 Å². The number of ether oxygens (including phenoxy) is 1. The van der Waals surface area contributed by atoms with Gasteiger partial charge in [0.2, 0.25) is 5.89 Å². The Balaban J connectivity index is 1.55. The van der Waals surface area contributed by atoms with Gasteiger partial charge in [-0.25, -0.2) is 4.98 Å². The maximum absolute atomic E-state index is 12.6. The van der Waals surface area contributed by atoms with Crippen molar-refractivity contribution in [3.05, 3.63) is 58.9 Å². The highest BCUT2D eigenvalue weighted by Crippen LogP contribution is 2.32. The fraction of sp³-hybridized carbons (Fsp3) is 0.150. The number of anilines is 2. The second-order valence-electron chi connectivity index (χ2n) is 6.35. The van der Waals surface area contributed by atoms with E-state index in [1.54, 1.807) is 56.3 Å². The Morgan fingerprint density at radius 1 is 1.21 bits per heavy atom. The van der Waals surface area contributed by atoms with E-state index < -0.39 is 12.0 Å². The number of amides is 2. The van der Waals surface area contributed by atoms with E-state index >= 15 is 0 Å². The summed E-state index contributed by atoms with van der Waals surface area (Å²) < 4.78 is 11.1. The molecule has 0 saturated carbocycles. The molecule has 8 heteroatoms. The van der Waals surface area contributed by atoms with Gasteiger partial charge in [-0.1, -0.05) is 11.6 Å². The molecule has 2 aromatic carbocycles. The average molecular weight is 398 g/mol. The summed E-state index contributed by atoms with van der Waals surface area (Å²) in [4.78, 5) is 28.7. The minimum absolute atomic E-state index is 0.177. The van der Waals surface area contributed by atoms with Gasteiger partial charge in [0.05, 0.1) is 5.69 Å². The molecule has 2 heterocycles. The van der Waals surface area contributed by atoms with Crippen LogP contribution in [0.2, 0.25) is 5.02 Å². The maximum atomic E-state index is 12.6. The third-order valence-electron chi connectivity index (χ3n) is 4.27. The summed E-state index contributed by atoms with van der Waals surface area (Å²) in [7, 11) is 0. The van der Waals surface area contributed by atoms with Crippen molar-refractivity contribution in [2.45, 2.75) is 20.0 Å². The summed E-state index contributed by atoms with van der Waals surface area (Å²) >= 11 is 5.89. The molecule has 1 atom stereocenters. The van der Waals surface area contributed by atoms with Crippen LogP contribution < -0.4 is 15.4 Å². The Bertz CT molecular complexity index is 1080. The van der Waals surface area contributed by atoms with Crippen molar-refractivity contribution in [1.29, 1.82) is 0 Å². The van der Waals surface area contributed by atoms with Crippen LogP contribution in [0, 0.1) is 6.92 Å². The summed E-state index contributed by atoms with van der Waals surface area (Å²) in [5.41, 5.74) is 1.89. The zero-order valence-electron chi connectivity index (χ0n) is 15.1. The SMILES string of the molecule is Cc1oc(-c2ccc(Cl)cc2)nc1C(=O)Nc1ccc2c(c1)NC(=O)[C@H](C)O2. The molecule has 0 aliphatic carbocycles. The Morgan fingerprint density at radius 2 is 1.96 bits per heavy atom. The molecule has 0 bridgehead atoms. The van der Waals surface area contributed by atoms with Crippen LogP contribution in [0.5, 0.6) is 5.75 Å². The molecule has 0 unspecified atom stereocenters. The summed E-state index contributed by atoms with van der Waals surface area (Å²) in [5.74, 6) is 0.617. The van der Waals surface area contributed by atoms with Crippen LogP contribution in [0.1, 0.15) is 23.2 Å². The standard InChI is InChI=1S/C20H16ClN3O4/c1-10-17(24-20(28-10)12-3-5-13(21)6-4-12)19(26)22-14-7-8-16-15(9-14)23-18(25)11(2)27-16/h3-9,11H,1-2H3,(H,22,26)(H,23,25)/t11-/m0/s1. The number of aryl methyl sites for hydroxylation is 1. The molecular weight excluding hydrogens is 382 g/mol. The lowest BCUT2D eigenvalue weighted by Crippen LogP contribution is -2.34. The van der Waals surface area contributed by atoms with Gasteiger partial charge in [0.1, 0.15) is 11.5 Å². The van der Waals surface area contributed by atoms with Crippen molar-refractivity contribution >= 4 is 34.8 Å². The first-order valence-electron chi connectivity index (χ1n) is 8.57. The molecule has 2 N–H and O–H groups in total. The molecule has 1 aromatic heterocycles. The smallest absolute Gasteiger partial charge is 0.277 e. The molecule has 28 heavy (non-hydrogen) atoms. The summed E-state index contributed by atoms with van der Waals surface area (Å²) in [6.07, 6.45) is -0.558. The van der Waals surface area contributed by atoms with Gasteiger partial charge in [0, 0.05) is 16.3 Å². The fourth-order valence-electron chi connectivity index (χ4n) is 2.80. The van der Waals surface area contributed by atoms with Gasteiger partial charge < -0.3 is 19.8 Å². The van der Waals surface area contributed by atoms with Crippen LogP contribution in [0.3, 0.4) is 0 Å². The van der Waals surface area contributed by atoms with E-state index in [4.69, 9.17) is 20.8 Å². The number of carbonyl (C=O) groups excluding carboxylic acids is 2. The molecule has 0 radical (unpaired) electrons. The lowest BCUT2D eigenvalue weighted by atomic mass is 10.2. The van der Waals surface area contributed by atoms with Gasteiger partial charge >= 0.3 is 0 Å². The highest BCUT2D eigenvalue weighted by molar-refractivity contribution is 6.30. The van der Waals surface area contributed by atoms with E-state index in [0.717, 1.165) is 0 Å². The van der Waals surface area contributed by atoms with E-state index in [1.807, 2.05) is 0 Å². The van der Waals surface area contributed by atoms with Gasteiger partial charge in [0.25, 0.3) is 11.8 Å². The predicted molar refractivity (Wildman–Crippen MR) is 105 cm³/mol. The zero-order chi connectivity index (χ0) is 19.8. The van der Waals surface area contributed by atoms with Crippen molar-refractivity contribution in [3.8, 4) is 17.2 Å². The Kier molecular flexibility index (Phi) is 4.52. The lowest BCUT2D eigenvalue weighted by molar-refractivity contribution is -0.122. The Morgan fingerprint density at radius 3 is 2.71 bits per heavy atom. The first-order chi connectivity index (χ1) is 13.4. The van der Waals surface area contributed by atoms with E-state index in [0.29, 0.717) is 39.4 Å². The molecular formula is C20H16ClN3O4. The monoisotopic (exact) mass is 397 g/mol. The number of hydrogen-bond acceptors (Lipinski definition) is 5. The number of nitrogens with one attached hydrogen (secondary N) is 2. The zero-order valence-corrected chi connectivity index (χ0v) is 15.8. The van der Waals surface area contributed by atoms with Gasteiger partial charge in [0.15, 0.2) is 11.8 Å². The van der Waals surface area contributed by atoms with Crippen molar-refractivity contribution < 1.29 is 18.7 Å². The van der Waals surface area contributed by atoms with Crippen molar-refractivity contribution in [2.75, 3.05) is 10.6 Å². The highest BCUT2D eigenvalue weighted by atomic mass is 35.5. The largest absolute Gasteiger partial charge is 0.479 e. The number of halogens is 1. The summed E-state index contributed by atoms with van der Waals surface area (Å²) in [5, 5.41) is 6.10. The number of benzene rings is 2. The number of nitrogens with zero attached hydrogens (tertiary/aromatic N) is 1. The molecule has 0 saturated heterocycles. The van der Waals surface area contributed by atoms with Crippen LogP contribution in [0.25, 0.3) is 11.5 Å². The van der Waals surface area contributed by atoms with Crippen molar-refractivity contribution in [2.24, 2.45) is 0 Å². The predicted octanol–water partition coefficient (Wildman–Crippen LogP) is 4.28. The van der Waals surface area contributed by atoms with Crippen LogP contribution >= 0.6 is 11.6 Å². The van der Waals surface area contributed by atoms with Crippen LogP contribution in [0.15, 0.2) is 46.9 Å². The minimum Gasteiger partial charge on any atom is -0.479 e. The van der Waals surface area contributed by atoms with Crippen molar-refractivity contribution in [1.82, 2.24) is 4.98 Å². The number of rotatable bonds is 3. The molecule has 0 spiro atoms. The topological polar surface area (TPSA) is 93.5 Å². The first kappa shape index (κ1) is 18.1. The maximum Gasteiger partial charge on any atom is 0.277 e. The highest BCUT2D eigenvalue weighted by Gasteiger charge is 2.24. The third-order valence-corrected chi connectivity index (χ3v) is 4.52. The van der Waals surface area contributed by atoms with Gasteiger partial charge in [-0.05, 0) is 56.3 Å². The first-order valence-corrected chi connectivity index (χ1v) is 8.95. The fourth-order valence-corrected chi connectivity index (χ4v) is 2.93. The second-order valence-corrected chi connectivity index (χ2v) is 6.78. The van der Waals surface area contributed by atoms with E-state index in [9.17, 15) is 9.59 Å². The normalized spacial score (nSPS) is 15.4. The third kappa shape index (κ3) is 3.44.